The Balaban J connectivity index is 2.21. The fourth-order valence-corrected chi connectivity index (χ4v) is 2.98. The quantitative estimate of drug-likeness (QED) is 0.734. The lowest BCUT2D eigenvalue weighted by Crippen LogP contribution is -1.92. The van der Waals surface area contributed by atoms with Gasteiger partial charge in [0, 0.05) is 17.1 Å². The molecule has 3 aromatic rings. The van der Waals surface area contributed by atoms with Crippen molar-refractivity contribution in [3.8, 4) is 22.8 Å². The first-order valence-electron chi connectivity index (χ1n) is 5.89. The molecule has 0 aliphatic rings. The first-order chi connectivity index (χ1) is 9.24. The van der Waals surface area contributed by atoms with Crippen LogP contribution in [0.3, 0.4) is 0 Å². The van der Waals surface area contributed by atoms with Crippen molar-refractivity contribution in [1.82, 2.24) is 9.38 Å². The van der Waals surface area contributed by atoms with Crippen LogP contribution < -0.4 is 9.47 Å². The third kappa shape index (κ3) is 1.86. The molecule has 0 N–H and O–H groups in total. The number of aromatic nitrogens is 2. The van der Waals surface area contributed by atoms with Gasteiger partial charge in [-0.15, -0.1) is 11.3 Å². The summed E-state index contributed by atoms with van der Waals surface area (Å²) in [6.07, 6.45) is 2.03. The van der Waals surface area contributed by atoms with Crippen molar-refractivity contribution in [2.24, 2.45) is 0 Å². The molecule has 4 nitrogen and oxygen atoms in total. The average Bonchev–Trinajstić information content (AvgIpc) is 2.97. The molecule has 0 saturated carbocycles. The van der Waals surface area contributed by atoms with Crippen LogP contribution in [0.1, 0.15) is 5.69 Å². The van der Waals surface area contributed by atoms with Crippen molar-refractivity contribution in [3.63, 3.8) is 0 Å². The molecule has 0 amide bonds. The molecule has 0 spiro atoms. The third-order valence-corrected chi connectivity index (χ3v) is 3.85. The van der Waals surface area contributed by atoms with E-state index in [1.165, 1.54) is 0 Å². The second kappa shape index (κ2) is 4.59. The molecule has 1 aromatic carbocycles. The smallest absolute Gasteiger partial charge is 0.194 e. The molecule has 0 atom stereocenters. The summed E-state index contributed by atoms with van der Waals surface area (Å²) in [5, 5.41) is 2.03. The summed E-state index contributed by atoms with van der Waals surface area (Å²) in [6, 6.07) is 5.92. The van der Waals surface area contributed by atoms with Gasteiger partial charge in [0.15, 0.2) is 16.5 Å². The Hall–Kier alpha value is -2.01. The van der Waals surface area contributed by atoms with Crippen molar-refractivity contribution >= 4 is 16.3 Å². The van der Waals surface area contributed by atoms with Gasteiger partial charge in [-0.05, 0) is 25.1 Å². The number of methoxy groups -OCH3 is 2. The highest BCUT2D eigenvalue weighted by molar-refractivity contribution is 7.15. The Labute approximate surface area is 115 Å². The number of benzene rings is 1. The molecular weight excluding hydrogens is 260 g/mol. The summed E-state index contributed by atoms with van der Waals surface area (Å²) in [5.74, 6) is 1.46. The van der Waals surface area contributed by atoms with Gasteiger partial charge >= 0.3 is 0 Å². The molecule has 98 valence electrons. The van der Waals surface area contributed by atoms with Gasteiger partial charge < -0.3 is 9.47 Å². The van der Waals surface area contributed by atoms with E-state index < -0.39 is 0 Å². The maximum absolute atomic E-state index is 5.36. The molecule has 19 heavy (non-hydrogen) atoms. The molecule has 0 radical (unpaired) electrons. The maximum atomic E-state index is 5.36. The third-order valence-electron chi connectivity index (χ3n) is 3.09. The highest BCUT2D eigenvalue weighted by atomic mass is 32.1. The maximum Gasteiger partial charge on any atom is 0.194 e. The number of nitrogens with zero attached hydrogens (tertiary/aromatic N) is 2. The van der Waals surface area contributed by atoms with E-state index in [-0.39, 0.29) is 0 Å². The van der Waals surface area contributed by atoms with Crippen LogP contribution in [0.4, 0.5) is 0 Å². The number of thiazole rings is 1. The van der Waals surface area contributed by atoms with Gasteiger partial charge in [-0.1, -0.05) is 0 Å². The Kier molecular flexibility index (Phi) is 2.91. The van der Waals surface area contributed by atoms with E-state index in [9.17, 15) is 0 Å². The first kappa shape index (κ1) is 12.0. The number of hydrogen-bond acceptors (Lipinski definition) is 4. The number of rotatable bonds is 3. The number of ether oxygens (including phenoxy) is 2. The van der Waals surface area contributed by atoms with Crippen LogP contribution >= 0.6 is 11.3 Å². The summed E-state index contributed by atoms with van der Waals surface area (Å²) in [4.78, 5) is 5.56. The van der Waals surface area contributed by atoms with Crippen LogP contribution in [0.15, 0.2) is 29.8 Å². The Morgan fingerprint density at radius 1 is 1.16 bits per heavy atom. The molecule has 0 saturated heterocycles. The van der Waals surface area contributed by atoms with Crippen LogP contribution in [0, 0.1) is 6.92 Å². The van der Waals surface area contributed by atoms with Gasteiger partial charge in [-0.25, -0.2) is 4.98 Å². The fourth-order valence-electron chi connectivity index (χ4n) is 2.23. The normalized spacial score (nSPS) is 10.9. The SMILES string of the molecule is COc1ccc(-c2c(C)nc3sccn23)cc1OC. The average molecular weight is 274 g/mol. The Bertz CT molecular complexity index is 730. The molecule has 3 rings (SSSR count). The summed E-state index contributed by atoms with van der Waals surface area (Å²) < 4.78 is 12.7. The van der Waals surface area contributed by atoms with E-state index in [2.05, 4.69) is 9.38 Å². The molecule has 0 aliphatic heterocycles. The predicted octanol–water partition coefficient (Wildman–Crippen LogP) is 3.39. The van der Waals surface area contributed by atoms with Crippen molar-refractivity contribution < 1.29 is 9.47 Å². The monoisotopic (exact) mass is 274 g/mol. The van der Waals surface area contributed by atoms with Gasteiger partial charge in [0.2, 0.25) is 0 Å². The lowest BCUT2D eigenvalue weighted by Gasteiger charge is -2.09. The van der Waals surface area contributed by atoms with Gasteiger partial charge in [0.1, 0.15) is 0 Å². The van der Waals surface area contributed by atoms with Crippen molar-refractivity contribution in [3.05, 3.63) is 35.5 Å². The lowest BCUT2D eigenvalue weighted by molar-refractivity contribution is 0.355. The van der Waals surface area contributed by atoms with E-state index >= 15 is 0 Å². The van der Waals surface area contributed by atoms with E-state index in [1.807, 2.05) is 36.7 Å². The van der Waals surface area contributed by atoms with Crippen LogP contribution in [-0.2, 0) is 0 Å². The standard InChI is InChI=1S/C14H14N2O2S/c1-9-13(16-6-7-19-14(16)15-9)10-4-5-11(17-2)12(8-10)18-3/h4-8H,1-3H3. The Morgan fingerprint density at radius 3 is 2.68 bits per heavy atom. The second-order valence-corrected chi connectivity index (χ2v) is 5.04. The van der Waals surface area contributed by atoms with E-state index in [0.717, 1.165) is 33.4 Å². The number of aryl methyl sites for hydroxylation is 1. The summed E-state index contributed by atoms with van der Waals surface area (Å²) in [5.41, 5.74) is 3.18. The van der Waals surface area contributed by atoms with Crippen molar-refractivity contribution in [2.75, 3.05) is 14.2 Å². The van der Waals surface area contributed by atoms with E-state index in [4.69, 9.17) is 9.47 Å². The van der Waals surface area contributed by atoms with Crippen molar-refractivity contribution in [2.45, 2.75) is 6.92 Å². The number of fused-ring (bicyclic) bond motifs is 1. The molecule has 5 heteroatoms. The van der Waals surface area contributed by atoms with E-state index in [1.54, 1.807) is 25.6 Å². The Morgan fingerprint density at radius 2 is 1.95 bits per heavy atom. The molecule has 0 unspecified atom stereocenters. The predicted molar refractivity (Wildman–Crippen MR) is 76.3 cm³/mol. The van der Waals surface area contributed by atoms with Crippen LogP contribution in [-0.4, -0.2) is 23.6 Å². The van der Waals surface area contributed by atoms with Crippen molar-refractivity contribution in [1.29, 1.82) is 0 Å². The minimum absolute atomic E-state index is 0.726. The molecule has 2 heterocycles. The molecule has 0 aliphatic carbocycles. The van der Waals surface area contributed by atoms with Crippen LogP contribution in [0.2, 0.25) is 0 Å². The summed E-state index contributed by atoms with van der Waals surface area (Å²) in [6.45, 7) is 2.02. The zero-order chi connectivity index (χ0) is 13.4. The second-order valence-electron chi connectivity index (χ2n) is 4.17. The van der Waals surface area contributed by atoms with Crippen LogP contribution in [0.25, 0.3) is 16.2 Å². The zero-order valence-corrected chi connectivity index (χ0v) is 11.8. The van der Waals surface area contributed by atoms with Gasteiger partial charge in [0.25, 0.3) is 0 Å². The number of imidazole rings is 1. The zero-order valence-electron chi connectivity index (χ0n) is 11.0. The summed E-state index contributed by atoms with van der Waals surface area (Å²) in [7, 11) is 3.28. The topological polar surface area (TPSA) is 35.8 Å². The van der Waals surface area contributed by atoms with Gasteiger partial charge in [0.05, 0.1) is 25.6 Å². The minimum Gasteiger partial charge on any atom is -0.493 e. The highest BCUT2D eigenvalue weighted by Gasteiger charge is 2.14. The number of hydrogen-bond donors (Lipinski definition) is 0. The molecule has 2 aromatic heterocycles. The van der Waals surface area contributed by atoms with Crippen LogP contribution in [0.5, 0.6) is 11.5 Å². The first-order valence-corrected chi connectivity index (χ1v) is 6.77. The van der Waals surface area contributed by atoms with Gasteiger partial charge in [-0.2, -0.15) is 0 Å². The molecule has 0 bridgehead atoms. The minimum atomic E-state index is 0.726. The highest BCUT2D eigenvalue weighted by Crippen LogP contribution is 2.34. The fraction of sp³-hybridized carbons (Fsp3) is 0.214. The molecular formula is C14H14N2O2S. The summed E-state index contributed by atoms with van der Waals surface area (Å²) >= 11 is 1.63. The lowest BCUT2D eigenvalue weighted by atomic mass is 10.1. The van der Waals surface area contributed by atoms with E-state index in [0.29, 0.717) is 0 Å². The molecule has 0 fully saturated rings. The van der Waals surface area contributed by atoms with Gasteiger partial charge in [-0.3, -0.25) is 4.40 Å². The largest absolute Gasteiger partial charge is 0.493 e.